The first-order valence-electron chi connectivity index (χ1n) is 7.41. The maximum Gasteiger partial charge on any atom is 0.138 e. The Morgan fingerprint density at radius 1 is 1.30 bits per heavy atom. The van der Waals surface area contributed by atoms with Crippen LogP contribution in [0.15, 0.2) is 18.2 Å². The van der Waals surface area contributed by atoms with Crippen LogP contribution in [0, 0.1) is 0 Å². The van der Waals surface area contributed by atoms with Gasteiger partial charge < -0.3 is 14.6 Å². The van der Waals surface area contributed by atoms with Crippen molar-refractivity contribution < 1.29 is 14.6 Å². The predicted octanol–water partition coefficient (Wildman–Crippen LogP) is 3.70. The van der Waals surface area contributed by atoms with E-state index in [4.69, 9.17) is 26.2 Å². The second-order valence-corrected chi connectivity index (χ2v) is 6.31. The molecular formula is C16H21ClO3. The Bertz CT molecular complexity index is 469. The Morgan fingerprint density at radius 3 is 2.80 bits per heavy atom. The van der Waals surface area contributed by atoms with Crippen molar-refractivity contribution in [2.75, 3.05) is 6.61 Å². The van der Waals surface area contributed by atoms with Gasteiger partial charge in [-0.25, -0.2) is 0 Å². The van der Waals surface area contributed by atoms with Crippen LogP contribution in [-0.4, -0.2) is 23.4 Å². The van der Waals surface area contributed by atoms with Gasteiger partial charge in [0.05, 0.1) is 23.3 Å². The van der Waals surface area contributed by atoms with Crippen LogP contribution in [0.5, 0.6) is 5.75 Å². The Labute approximate surface area is 124 Å². The molecule has 0 aromatic heterocycles. The van der Waals surface area contributed by atoms with Gasteiger partial charge in [-0.2, -0.15) is 0 Å². The van der Waals surface area contributed by atoms with Crippen LogP contribution < -0.4 is 4.74 Å². The van der Waals surface area contributed by atoms with E-state index < -0.39 is 0 Å². The lowest BCUT2D eigenvalue weighted by atomic mass is 9.98. The minimum Gasteiger partial charge on any atom is -0.489 e. The zero-order valence-corrected chi connectivity index (χ0v) is 12.4. The summed E-state index contributed by atoms with van der Waals surface area (Å²) < 4.78 is 12.0. The van der Waals surface area contributed by atoms with Crippen molar-refractivity contribution in [3.8, 4) is 5.75 Å². The third kappa shape index (κ3) is 2.95. The molecule has 1 aromatic rings. The summed E-state index contributed by atoms with van der Waals surface area (Å²) in [6, 6.07) is 5.38. The summed E-state index contributed by atoms with van der Waals surface area (Å²) in [6.07, 6.45) is 7.42. The number of halogens is 1. The van der Waals surface area contributed by atoms with Crippen molar-refractivity contribution >= 4 is 11.6 Å². The topological polar surface area (TPSA) is 38.7 Å². The Hall–Kier alpha value is -0.770. The number of hydrogen-bond donors (Lipinski definition) is 1. The monoisotopic (exact) mass is 296 g/mol. The second kappa shape index (κ2) is 5.92. The molecule has 0 radical (unpaired) electrons. The van der Waals surface area contributed by atoms with Crippen LogP contribution in [-0.2, 0) is 11.3 Å². The molecule has 1 aromatic carbocycles. The summed E-state index contributed by atoms with van der Waals surface area (Å²) in [5.74, 6) is 0.667. The molecule has 1 aliphatic heterocycles. The Morgan fingerprint density at radius 2 is 2.10 bits per heavy atom. The third-order valence-corrected chi connectivity index (χ3v) is 4.75. The molecule has 2 aliphatic rings. The van der Waals surface area contributed by atoms with Gasteiger partial charge in [0, 0.05) is 0 Å². The molecule has 1 spiro atoms. The largest absolute Gasteiger partial charge is 0.489 e. The molecule has 1 aliphatic carbocycles. The van der Waals surface area contributed by atoms with Gasteiger partial charge in [-0.05, 0) is 43.4 Å². The molecule has 1 unspecified atom stereocenters. The van der Waals surface area contributed by atoms with E-state index in [2.05, 4.69) is 0 Å². The van der Waals surface area contributed by atoms with E-state index >= 15 is 0 Å². The number of hydrogen-bond acceptors (Lipinski definition) is 3. The quantitative estimate of drug-likeness (QED) is 0.920. The molecule has 2 fully saturated rings. The van der Waals surface area contributed by atoms with Gasteiger partial charge >= 0.3 is 0 Å². The fraction of sp³-hybridized carbons (Fsp3) is 0.625. The highest BCUT2D eigenvalue weighted by molar-refractivity contribution is 6.32. The maximum atomic E-state index is 9.05. The van der Waals surface area contributed by atoms with Crippen molar-refractivity contribution in [3.63, 3.8) is 0 Å². The lowest BCUT2D eigenvalue weighted by Gasteiger charge is -2.23. The number of rotatable bonds is 4. The fourth-order valence-electron chi connectivity index (χ4n) is 3.34. The first kappa shape index (κ1) is 14.2. The average molecular weight is 297 g/mol. The smallest absolute Gasteiger partial charge is 0.138 e. The van der Waals surface area contributed by atoms with Gasteiger partial charge in [0.1, 0.15) is 12.4 Å². The van der Waals surface area contributed by atoms with Gasteiger partial charge in [-0.1, -0.05) is 30.5 Å². The lowest BCUT2D eigenvalue weighted by molar-refractivity contribution is -0.0508. The van der Waals surface area contributed by atoms with E-state index in [1.807, 2.05) is 12.1 Å². The van der Waals surface area contributed by atoms with E-state index in [-0.39, 0.29) is 18.3 Å². The van der Waals surface area contributed by atoms with E-state index in [0.29, 0.717) is 17.4 Å². The number of benzene rings is 1. The third-order valence-electron chi connectivity index (χ3n) is 4.46. The van der Waals surface area contributed by atoms with Crippen molar-refractivity contribution in [3.05, 3.63) is 28.8 Å². The van der Waals surface area contributed by atoms with Gasteiger partial charge in [-0.3, -0.25) is 0 Å². The maximum absolute atomic E-state index is 9.05. The molecule has 1 N–H and O–H groups in total. The van der Waals surface area contributed by atoms with Crippen molar-refractivity contribution in [2.45, 2.75) is 56.8 Å². The molecule has 3 nitrogen and oxygen atoms in total. The van der Waals surface area contributed by atoms with E-state index in [9.17, 15) is 0 Å². The minimum atomic E-state index is -0.00570. The SMILES string of the molecule is OCc1ccc(OCC2CCC3(CCCC3)O2)c(Cl)c1. The van der Waals surface area contributed by atoms with Crippen LogP contribution in [0.1, 0.15) is 44.1 Å². The normalized spacial score (nSPS) is 24.4. The number of aliphatic hydroxyl groups excluding tert-OH is 1. The van der Waals surface area contributed by atoms with E-state index in [1.165, 1.54) is 25.7 Å². The highest BCUT2D eigenvalue weighted by atomic mass is 35.5. The summed E-state index contributed by atoms with van der Waals surface area (Å²) in [5.41, 5.74) is 0.947. The lowest BCUT2D eigenvalue weighted by Crippen LogP contribution is -2.27. The zero-order valence-electron chi connectivity index (χ0n) is 11.6. The molecule has 3 rings (SSSR count). The zero-order chi connectivity index (χ0) is 14.0. The summed E-state index contributed by atoms with van der Waals surface area (Å²) in [4.78, 5) is 0. The first-order valence-corrected chi connectivity index (χ1v) is 7.78. The summed E-state index contributed by atoms with van der Waals surface area (Å²) in [6.45, 7) is 0.550. The van der Waals surface area contributed by atoms with E-state index in [0.717, 1.165) is 18.4 Å². The van der Waals surface area contributed by atoms with Crippen LogP contribution in [0.4, 0.5) is 0 Å². The van der Waals surface area contributed by atoms with Crippen molar-refractivity contribution in [1.82, 2.24) is 0 Å². The molecule has 1 atom stereocenters. The predicted molar refractivity (Wildman–Crippen MR) is 78.2 cm³/mol. The summed E-state index contributed by atoms with van der Waals surface area (Å²) in [7, 11) is 0. The summed E-state index contributed by atoms with van der Waals surface area (Å²) >= 11 is 6.14. The summed E-state index contributed by atoms with van der Waals surface area (Å²) in [5, 5.41) is 9.60. The highest BCUT2D eigenvalue weighted by Gasteiger charge is 2.42. The first-order chi connectivity index (χ1) is 9.71. The van der Waals surface area contributed by atoms with Crippen LogP contribution in [0.25, 0.3) is 0 Å². The molecule has 0 amide bonds. The molecule has 1 saturated heterocycles. The van der Waals surface area contributed by atoms with Crippen molar-refractivity contribution in [2.24, 2.45) is 0 Å². The van der Waals surface area contributed by atoms with Gasteiger partial charge in [0.25, 0.3) is 0 Å². The molecule has 0 bridgehead atoms. The number of aliphatic hydroxyl groups is 1. The van der Waals surface area contributed by atoms with Crippen LogP contribution >= 0.6 is 11.6 Å². The Kier molecular flexibility index (Phi) is 4.20. The van der Waals surface area contributed by atoms with Crippen molar-refractivity contribution in [1.29, 1.82) is 0 Å². The van der Waals surface area contributed by atoms with Gasteiger partial charge in [0.15, 0.2) is 0 Å². The Balaban J connectivity index is 1.55. The van der Waals surface area contributed by atoms with E-state index in [1.54, 1.807) is 6.07 Å². The minimum absolute atomic E-state index is 0.00570. The molecule has 110 valence electrons. The molecule has 20 heavy (non-hydrogen) atoms. The molecule has 1 saturated carbocycles. The van der Waals surface area contributed by atoms with Gasteiger partial charge in [-0.15, -0.1) is 0 Å². The second-order valence-electron chi connectivity index (χ2n) is 5.90. The van der Waals surface area contributed by atoms with Crippen LogP contribution in [0.3, 0.4) is 0 Å². The van der Waals surface area contributed by atoms with Crippen LogP contribution in [0.2, 0.25) is 5.02 Å². The standard InChI is InChI=1S/C16H21ClO3/c17-14-9-12(10-18)3-4-15(14)19-11-13-5-8-16(20-13)6-1-2-7-16/h3-4,9,13,18H,1-2,5-8,10-11H2. The average Bonchev–Trinajstić information content (AvgIpc) is 3.08. The molecule has 1 heterocycles. The van der Waals surface area contributed by atoms with Gasteiger partial charge in [0.2, 0.25) is 0 Å². The fourth-order valence-corrected chi connectivity index (χ4v) is 3.60. The number of ether oxygens (including phenoxy) is 2. The highest BCUT2D eigenvalue weighted by Crippen LogP contribution is 2.43. The molecular weight excluding hydrogens is 276 g/mol. The molecule has 4 heteroatoms.